The Morgan fingerprint density at radius 1 is 0.452 bits per heavy atom. The molecule has 2 atom stereocenters. The van der Waals surface area contributed by atoms with Gasteiger partial charge < -0.3 is 19.3 Å². The van der Waals surface area contributed by atoms with Crippen molar-refractivity contribution in [3.05, 3.63) is 178 Å². The van der Waals surface area contributed by atoms with E-state index >= 15 is 0 Å². The molecule has 0 saturated carbocycles. The van der Waals surface area contributed by atoms with Crippen LogP contribution in [0.5, 0.6) is 0 Å². The Hall–Kier alpha value is -7.20. The minimum absolute atomic E-state index is 0.217. The molecule has 0 aliphatic carbocycles. The number of anilines is 4. The third kappa shape index (κ3) is 7.57. The molecule has 314 valence electrons. The minimum Gasteiger partial charge on any atom is -0.433 e. The molecule has 10 heteroatoms. The van der Waals surface area contributed by atoms with E-state index in [0.29, 0.717) is 22.5 Å². The van der Waals surface area contributed by atoms with Crippen molar-refractivity contribution in [3.63, 3.8) is 0 Å². The fraction of sp³-hybridized carbons (Fsp3) is 0.231. The number of fused-ring (bicyclic) bond motifs is 2. The van der Waals surface area contributed by atoms with Gasteiger partial charge in [-0.25, -0.2) is 9.59 Å². The first kappa shape index (κ1) is 41.5. The lowest BCUT2D eigenvalue weighted by atomic mass is 9.98. The fourth-order valence-corrected chi connectivity index (χ4v) is 8.60. The highest BCUT2D eigenvalue weighted by molar-refractivity contribution is 6.15. The molecule has 0 N–H and O–H groups in total. The van der Waals surface area contributed by atoms with Gasteiger partial charge in [0.05, 0.1) is 33.6 Å². The summed E-state index contributed by atoms with van der Waals surface area (Å²) in [6.07, 6.45) is -2.04. The summed E-state index contributed by atoms with van der Waals surface area (Å²) in [5.41, 5.74) is 8.90. The van der Waals surface area contributed by atoms with Gasteiger partial charge in [0.25, 0.3) is 11.8 Å². The second-order valence-corrected chi connectivity index (χ2v) is 15.5. The zero-order chi connectivity index (χ0) is 43.7. The molecule has 10 nitrogen and oxygen atoms in total. The Morgan fingerprint density at radius 3 is 1.11 bits per heavy atom. The van der Waals surface area contributed by atoms with E-state index in [0.717, 1.165) is 59.8 Å². The average Bonchev–Trinajstić information content (AvgIpc) is 3.48. The number of hydrogen-bond acceptors (Lipinski definition) is 8. The minimum atomic E-state index is -1.02. The van der Waals surface area contributed by atoms with Crippen LogP contribution < -0.4 is 19.6 Å². The summed E-state index contributed by atoms with van der Waals surface area (Å²) in [6, 6.07) is 40.8. The molecule has 0 saturated heterocycles. The molecule has 0 radical (unpaired) electrons. The second kappa shape index (κ2) is 17.4. The van der Waals surface area contributed by atoms with Gasteiger partial charge in [-0.1, -0.05) is 60.7 Å². The number of rotatable bonds is 11. The summed E-state index contributed by atoms with van der Waals surface area (Å²) in [5.74, 6) is -1.83. The molecule has 62 heavy (non-hydrogen) atoms. The summed E-state index contributed by atoms with van der Waals surface area (Å²) in [5, 5.41) is 0. The van der Waals surface area contributed by atoms with Crippen LogP contribution in [-0.4, -0.2) is 49.9 Å². The van der Waals surface area contributed by atoms with Crippen LogP contribution in [0.25, 0.3) is 11.1 Å². The van der Waals surface area contributed by atoms with Gasteiger partial charge in [0.15, 0.2) is 0 Å². The highest BCUT2D eigenvalue weighted by Gasteiger charge is 2.39. The van der Waals surface area contributed by atoms with Gasteiger partial charge in [-0.15, -0.1) is 0 Å². The Kier molecular flexibility index (Phi) is 11.7. The average molecular weight is 827 g/mol. The molecule has 2 amide bonds. The van der Waals surface area contributed by atoms with Gasteiger partial charge in [-0.05, 0) is 137 Å². The number of hydrogen-bond donors (Lipinski definition) is 0. The number of benzene rings is 6. The molecule has 2 aliphatic rings. The number of carbonyl (C=O) groups excluding carboxylic acids is 4. The van der Waals surface area contributed by atoms with Crippen molar-refractivity contribution in [1.29, 1.82) is 0 Å². The van der Waals surface area contributed by atoms with Crippen molar-refractivity contribution in [3.8, 4) is 11.1 Å². The lowest BCUT2D eigenvalue weighted by Crippen LogP contribution is -2.36. The van der Waals surface area contributed by atoms with Crippen molar-refractivity contribution in [1.82, 2.24) is 0 Å². The lowest BCUT2D eigenvalue weighted by Gasteiger charge is -2.32. The van der Waals surface area contributed by atoms with E-state index in [1.54, 1.807) is 58.3 Å². The molecular weight excluding hydrogens is 777 g/mol. The van der Waals surface area contributed by atoms with Gasteiger partial charge in [0, 0.05) is 48.7 Å². The van der Waals surface area contributed by atoms with Crippen LogP contribution in [0.15, 0.2) is 133 Å². The van der Waals surface area contributed by atoms with E-state index in [1.165, 1.54) is 0 Å². The largest absolute Gasteiger partial charge is 0.433 e. The number of esters is 2. The molecule has 0 aromatic heterocycles. The van der Waals surface area contributed by atoms with Gasteiger partial charge in [-0.3, -0.25) is 19.4 Å². The second-order valence-electron chi connectivity index (χ2n) is 15.5. The molecule has 8 rings (SSSR count). The highest BCUT2D eigenvalue weighted by atomic mass is 16.6. The van der Waals surface area contributed by atoms with Crippen LogP contribution in [0.3, 0.4) is 0 Å². The number of ether oxygens (including phenoxy) is 2. The quantitative estimate of drug-likeness (QED) is 0.119. The van der Waals surface area contributed by atoms with Gasteiger partial charge >= 0.3 is 11.9 Å². The SMILES string of the molecule is CCN(CC)c1ccc(C2OC(=O)c3ccccc3C(=O)N2c2ccc(-c3ccc(N4C(=O)c5ccccc5C(=O)OC4c4ccc(N(CC)CC)cc4)c(C)c3)cc2C)cc1. The van der Waals surface area contributed by atoms with Crippen LogP contribution in [0.2, 0.25) is 0 Å². The molecule has 0 bridgehead atoms. The van der Waals surface area contributed by atoms with Crippen LogP contribution in [-0.2, 0) is 9.47 Å². The van der Waals surface area contributed by atoms with Crippen molar-refractivity contribution < 1.29 is 28.7 Å². The van der Waals surface area contributed by atoms with Crippen LogP contribution in [0, 0.1) is 13.8 Å². The molecule has 0 fully saturated rings. The fourth-order valence-electron chi connectivity index (χ4n) is 8.60. The van der Waals surface area contributed by atoms with Crippen LogP contribution in [0.4, 0.5) is 22.7 Å². The summed E-state index contributed by atoms with van der Waals surface area (Å²) in [4.78, 5) is 63.9. The molecule has 2 aliphatic heterocycles. The lowest BCUT2D eigenvalue weighted by molar-refractivity contribution is 0.0292. The number of aryl methyl sites for hydroxylation is 2. The topological polar surface area (TPSA) is 99.7 Å². The van der Waals surface area contributed by atoms with E-state index in [1.807, 2.05) is 98.8 Å². The maximum atomic E-state index is 14.5. The van der Waals surface area contributed by atoms with Crippen molar-refractivity contribution in [2.24, 2.45) is 0 Å². The van der Waals surface area contributed by atoms with Crippen molar-refractivity contribution in [2.75, 3.05) is 45.8 Å². The van der Waals surface area contributed by atoms with Gasteiger partial charge in [0.1, 0.15) is 0 Å². The van der Waals surface area contributed by atoms with Crippen molar-refractivity contribution >= 4 is 46.5 Å². The summed E-state index contributed by atoms with van der Waals surface area (Å²) < 4.78 is 12.3. The summed E-state index contributed by atoms with van der Waals surface area (Å²) in [7, 11) is 0. The molecular formula is C52H50N4O6. The highest BCUT2D eigenvalue weighted by Crippen LogP contribution is 2.41. The Morgan fingerprint density at radius 2 is 0.790 bits per heavy atom. The molecule has 0 spiro atoms. The normalized spacial score (nSPS) is 16.2. The molecule has 6 aromatic rings. The third-order valence-electron chi connectivity index (χ3n) is 12.0. The molecule has 2 heterocycles. The van der Waals surface area contributed by atoms with Gasteiger partial charge in [0.2, 0.25) is 12.5 Å². The van der Waals surface area contributed by atoms with E-state index < -0.39 is 24.4 Å². The monoisotopic (exact) mass is 826 g/mol. The summed E-state index contributed by atoms with van der Waals surface area (Å²) in [6.45, 7) is 15.6. The number of cyclic esters (lactones) is 2. The standard InChI is InChI=1S/C52H50N4O6/c1-7-53(8-2)39-25-19-35(20-26-39)49-55(47(57)41-15-11-13-17-43(41)51(59)61-49)45-29-23-37(31-33(45)5)38-24-30-46(34(6)32-38)56-48(58)42-16-12-14-18-44(42)52(60)62-50(56)36-21-27-40(28-22-36)54(9-3)10-4/h11-32,49-50H,7-10H2,1-6H3. The first-order valence-corrected chi connectivity index (χ1v) is 21.2. The van der Waals surface area contributed by atoms with Crippen LogP contribution >= 0.6 is 0 Å². The Bertz CT molecular complexity index is 2480. The molecule has 6 aromatic carbocycles. The van der Waals surface area contributed by atoms with Crippen LogP contribution in [0.1, 0.15) is 104 Å². The summed E-state index contributed by atoms with van der Waals surface area (Å²) >= 11 is 0. The molecule has 2 unspecified atom stereocenters. The van der Waals surface area contributed by atoms with E-state index in [9.17, 15) is 19.2 Å². The van der Waals surface area contributed by atoms with E-state index in [-0.39, 0.29) is 34.1 Å². The zero-order valence-electron chi connectivity index (χ0n) is 35.9. The smallest absolute Gasteiger partial charge is 0.341 e. The predicted molar refractivity (Wildman–Crippen MR) is 244 cm³/mol. The zero-order valence-corrected chi connectivity index (χ0v) is 35.9. The van der Waals surface area contributed by atoms with Gasteiger partial charge in [-0.2, -0.15) is 0 Å². The third-order valence-corrected chi connectivity index (χ3v) is 12.0. The first-order chi connectivity index (χ1) is 30.1. The first-order valence-electron chi connectivity index (χ1n) is 21.2. The predicted octanol–water partition coefficient (Wildman–Crippen LogP) is 10.7. The number of amides is 2. The van der Waals surface area contributed by atoms with E-state index in [2.05, 4.69) is 37.5 Å². The maximum absolute atomic E-state index is 14.5. The van der Waals surface area contributed by atoms with E-state index in [4.69, 9.17) is 9.47 Å². The Labute approximate surface area is 362 Å². The number of nitrogens with zero attached hydrogens (tertiary/aromatic N) is 4. The van der Waals surface area contributed by atoms with Crippen molar-refractivity contribution in [2.45, 2.75) is 54.0 Å². The maximum Gasteiger partial charge on any atom is 0.341 e. The Balaban J connectivity index is 1.16. The number of carbonyl (C=O) groups is 4.